The van der Waals surface area contributed by atoms with Crippen LogP contribution in [0.3, 0.4) is 0 Å². The molecule has 0 radical (unpaired) electrons. The Bertz CT molecular complexity index is 362. The first kappa shape index (κ1) is 12.4. The molecule has 0 atom stereocenters. The number of ether oxygens (including phenoxy) is 1. The second-order valence-electron chi connectivity index (χ2n) is 3.99. The molecule has 0 saturated carbocycles. The van der Waals surface area contributed by atoms with Gasteiger partial charge < -0.3 is 15.8 Å². The largest absolute Gasteiger partial charge is 0.382 e. The number of nitrogens with one attached hydrogen (secondary N) is 1. The lowest BCUT2D eigenvalue weighted by molar-refractivity contribution is 0.0228. The van der Waals surface area contributed by atoms with Gasteiger partial charge in [-0.1, -0.05) is 0 Å². The van der Waals surface area contributed by atoms with Crippen molar-refractivity contribution in [2.45, 2.75) is 19.4 Å². The van der Waals surface area contributed by atoms with Gasteiger partial charge in [-0.15, -0.1) is 10.2 Å². The van der Waals surface area contributed by atoms with Gasteiger partial charge in [0, 0.05) is 13.7 Å². The van der Waals surface area contributed by atoms with E-state index >= 15 is 0 Å². The SMILES string of the molecule is COC(C)(C)CNC(=O)c1ccc(N)nn1. The van der Waals surface area contributed by atoms with Crippen LogP contribution in [-0.4, -0.2) is 35.4 Å². The molecule has 88 valence electrons. The monoisotopic (exact) mass is 224 g/mol. The van der Waals surface area contributed by atoms with Crippen molar-refractivity contribution in [1.29, 1.82) is 0 Å². The molecule has 0 fully saturated rings. The second-order valence-corrected chi connectivity index (χ2v) is 3.99. The summed E-state index contributed by atoms with van der Waals surface area (Å²) < 4.78 is 5.17. The van der Waals surface area contributed by atoms with Crippen LogP contribution in [0.15, 0.2) is 12.1 Å². The fourth-order valence-electron chi connectivity index (χ4n) is 0.920. The zero-order chi connectivity index (χ0) is 12.2. The maximum Gasteiger partial charge on any atom is 0.271 e. The zero-order valence-corrected chi connectivity index (χ0v) is 9.65. The molecule has 0 aliphatic rings. The molecule has 6 nitrogen and oxygen atoms in total. The Morgan fingerprint density at radius 2 is 2.19 bits per heavy atom. The lowest BCUT2D eigenvalue weighted by Gasteiger charge is -2.22. The summed E-state index contributed by atoms with van der Waals surface area (Å²) in [6, 6.07) is 3.06. The number of hydrogen-bond acceptors (Lipinski definition) is 5. The first-order valence-corrected chi connectivity index (χ1v) is 4.87. The minimum Gasteiger partial charge on any atom is -0.382 e. The molecule has 0 aliphatic heterocycles. The van der Waals surface area contributed by atoms with E-state index < -0.39 is 5.60 Å². The number of nitrogen functional groups attached to an aromatic ring is 1. The molecule has 1 aromatic heterocycles. The summed E-state index contributed by atoms with van der Waals surface area (Å²) in [6.45, 7) is 4.15. The topological polar surface area (TPSA) is 90.1 Å². The Labute approximate surface area is 94.2 Å². The molecule has 0 aromatic carbocycles. The van der Waals surface area contributed by atoms with Crippen LogP contribution in [0.4, 0.5) is 5.82 Å². The maximum absolute atomic E-state index is 11.6. The van der Waals surface area contributed by atoms with E-state index in [1.54, 1.807) is 7.11 Å². The van der Waals surface area contributed by atoms with Crippen LogP contribution in [0.5, 0.6) is 0 Å². The minimum atomic E-state index is -0.406. The highest BCUT2D eigenvalue weighted by Gasteiger charge is 2.18. The van der Waals surface area contributed by atoms with E-state index in [9.17, 15) is 4.79 Å². The van der Waals surface area contributed by atoms with Crippen molar-refractivity contribution >= 4 is 11.7 Å². The maximum atomic E-state index is 11.6. The third-order valence-corrected chi connectivity index (χ3v) is 2.15. The van der Waals surface area contributed by atoms with Crippen LogP contribution in [0, 0.1) is 0 Å². The molecule has 0 spiro atoms. The summed E-state index contributed by atoms with van der Waals surface area (Å²) in [5.41, 5.74) is 5.20. The second kappa shape index (κ2) is 4.89. The molecule has 0 bridgehead atoms. The van der Waals surface area contributed by atoms with Crippen molar-refractivity contribution in [1.82, 2.24) is 15.5 Å². The Balaban J connectivity index is 2.56. The molecule has 0 saturated heterocycles. The molecular weight excluding hydrogens is 208 g/mol. The van der Waals surface area contributed by atoms with E-state index in [-0.39, 0.29) is 17.4 Å². The molecular formula is C10H16N4O2. The van der Waals surface area contributed by atoms with Crippen LogP contribution in [0.25, 0.3) is 0 Å². The molecule has 1 aromatic rings. The lowest BCUT2D eigenvalue weighted by Crippen LogP contribution is -2.40. The Morgan fingerprint density at radius 3 is 2.69 bits per heavy atom. The fourth-order valence-corrected chi connectivity index (χ4v) is 0.920. The fraction of sp³-hybridized carbons (Fsp3) is 0.500. The third kappa shape index (κ3) is 3.47. The Morgan fingerprint density at radius 1 is 1.50 bits per heavy atom. The molecule has 16 heavy (non-hydrogen) atoms. The summed E-state index contributed by atoms with van der Waals surface area (Å²) in [4.78, 5) is 11.6. The van der Waals surface area contributed by atoms with Crippen LogP contribution in [-0.2, 0) is 4.74 Å². The van der Waals surface area contributed by atoms with Gasteiger partial charge in [0.05, 0.1) is 5.60 Å². The number of aromatic nitrogens is 2. The first-order chi connectivity index (χ1) is 7.44. The van der Waals surface area contributed by atoms with Crippen molar-refractivity contribution < 1.29 is 9.53 Å². The smallest absolute Gasteiger partial charge is 0.271 e. The number of rotatable bonds is 4. The molecule has 1 heterocycles. The van der Waals surface area contributed by atoms with Crippen LogP contribution < -0.4 is 11.1 Å². The van der Waals surface area contributed by atoms with Gasteiger partial charge in [-0.2, -0.15) is 0 Å². The summed E-state index contributed by atoms with van der Waals surface area (Å²) in [5, 5.41) is 9.98. The molecule has 6 heteroatoms. The van der Waals surface area contributed by atoms with Gasteiger partial charge >= 0.3 is 0 Å². The number of hydrogen-bond donors (Lipinski definition) is 2. The van der Waals surface area contributed by atoms with Crippen molar-refractivity contribution in [2.75, 3.05) is 19.4 Å². The Hall–Kier alpha value is -1.69. The van der Waals surface area contributed by atoms with Gasteiger partial charge in [0.15, 0.2) is 5.69 Å². The van der Waals surface area contributed by atoms with Crippen LogP contribution >= 0.6 is 0 Å². The number of nitrogens with two attached hydrogens (primary N) is 1. The molecule has 0 aliphatic carbocycles. The van der Waals surface area contributed by atoms with Gasteiger partial charge in [0.2, 0.25) is 0 Å². The normalized spacial score (nSPS) is 11.2. The van der Waals surface area contributed by atoms with Crippen LogP contribution in [0.1, 0.15) is 24.3 Å². The van der Waals surface area contributed by atoms with E-state index in [2.05, 4.69) is 15.5 Å². The van der Waals surface area contributed by atoms with Gasteiger partial charge in [0.25, 0.3) is 5.91 Å². The number of amides is 1. The summed E-state index contributed by atoms with van der Waals surface area (Å²) >= 11 is 0. The lowest BCUT2D eigenvalue weighted by atomic mass is 10.1. The molecule has 1 rings (SSSR count). The van der Waals surface area contributed by atoms with Crippen LogP contribution in [0.2, 0.25) is 0 Å². The average molecular weight is 224 g/mol. The molecule has 3 N–H and O–H groups in total. The highest BCUT2D eigenvalue weighted by molar-refractivity contribution is 5.92. The molecule has 0 unspecified atom stereocenters. The predicted octanol–water partition coefficient (Wildman–Crippen LogP) is 0.214. The van der Waals surface area contributed by atoms with Crippen molar-refractivity contribution in [3.63, 3.8) is 0 Å². The van der Waals surface area contributed by atoms with Gasteiger partial charge in [0.1, 0.15) is 5.82 Å². The van der Waals surface area contributed by atoms with E-state index in [0.717, 1.165) is 0 Å². The number of nitrogens with zero attached hydrogens (tertiary/aromatic N) is 2. The summed E-state index contributed by atoms with van der Waals surface area (Å²) in [7, 11) is 1.59. The number of carbonyl (C=O) groups excluding carboxylic acids is 1. The van der Waals surface area contributed by atoms with Gasteiger partial charge in [-0.05, 0) is 26.0 Å². The van der Waals surface area contributed by atoms with E-state index in [4.69, 9.17) is 10.5 Å². The van der Waals surface area contributed by atoms with E-state index in [1.165, 1.54) is 12.1 Å². The number of carbonyl (C=O) groups is 1. The first-order valence-electron chi connectivity index (χ1n) is 4.87. The number of anilines is 1. The minimum absolute atomic E-state index is 0.237. The quantitative estimate of drug-likeness (QED) is 0.763. The summed E-state index contributed by atoms with van der Waals surface area (Å²) in [5.74, 6) is -0.00797. The molecule has 1 amide bonds. The number of methoxy groups -OCH3 is 1. The predicted molar refractivity (Wildman–Crippen MR) is 59.9 cm³/mol. The van der Waals surface area contributed by atoms with Gasteiger partial charge in [-0.25, -0.2) is 0 Å². The van der Waals surface area contributed by atoms with E-state index in [1.807, 2.05) is 13.8 Å². The van der Waals surface area contributed by atoms with Gasteiger partial charge in [-0.3, -0.25) is 4.79 Å². The van der Waals surface area contributed by atoms with Crippen molar-refractivity contribution in [2.24, 2.45) is 0 Å². The zero-order valence-electron chi connectivity index (χ0n) is 9.65. The summed E-state index contributed by atoms with van der Waals surface area (Å²) in [6.07, 6.45) is 0. The average Bonchev–Trinajstić information content (AvgIpc) is 2.27. The van der Waals surface area contributed by atoms with E-state index in [0.29, 0.717) is 6.54 Å². The standard InChI is InChI=1S/C10H16N4O2/c1-10(2,16-3)6-12-9(15)7-4-5-8(11)14-13-7/h4-5H,6H2,1-3H3,(H2,11,14)(H,12,15). The highest BCUT2D eigenvalue weighted by Crippen LogP contribution is 2.05. The van der Waals surface area contributed by atoms with Crippen molar-refractivity contribution in [3.8, 4) is 0 Å². The highest BCUT2D eigenvalue weighted by atomic mass is 16.5. The van der Waals surface area contributed by atoms with Crippen molar-refractivity contribution in [3.05, 3.63) is 17.8 Å². The Kier molecular flexibility index (Phi) is 3.78. The third-order valence-electron chi connectivity index (χ3n) is 2.15.